The number of hydrogen-bond acceptors (Lipinski definition) is 12. The average Bonchev–Trinajstić information content (AvgIpc) is 3.10. The molecule has 14 heteroatoms. The molecule has 0 aromatic carbocycles. The molecule has 0 heterocycles. The van der Waals surface area contributed by atoms with Crippen LogP contribution in [0, 0.1) is 0 Å². The molecule has 0 spiro atoms. The molecule has 0 radical (unpaired) electrons. The summed E-state index contributed by atoms with van der Waals surface area (Å²) in [5.74, 6) is -1.13. The summed E-state index contributed by atoms with van der Waals surface area (Å²) in [5, 5.41) is 49.8. The first-order chi connectivity index (χ1) is 24.4. The molecule has 1 saturated carbocycles. The Morgan fingerprint density at radius 3 is 1.71 bits per heavy atom. The number of carbonyl (C=O) groups excluding carboxylic acids is 2. The quantitative estimate of drug-likeness (QED) is 0.0242. The predicted octanol–water partition coefficient (Wildman–Crippen LogP) is 5.49. The van der Waals surface area contributed by atoms with Gasteiger partial charge in [-0.2, -0.15) is 0 Å². The van der Waals surface area contributed by atoms with Crippen LogP contribution in [-0.2, 0) is 32.7 Å². The van der Waals surface area contributed by atoms with Gasteiger partial charge in [0.15, 0.2) is 6.10 Å². The smallest absolute Gasteiger partial charge is 0.462 e. The van der Waals surface area contributed by atoms with E-state index < -0.39 is 75.7 Å². The van der Waals surface area contributed by atoms with Crippen molar-refractivity contribution < 1.29 is 63.1 Å². The lowest BCUT2D eigenvalue weighted by Gasteiger charge is -2.41. The fraction of sp³-hybridized carbons (Fsp3) is 0.784. The van der Waals surface area contributed by atoms with E-state index in [9.17, 15) is 44.6 Å². The van der Waals surface area contributed by atoms with Gasteiger partial charge in [0, 0.05) is 12.8 Å². The summed E-state index contributed by atoms with van der Waals surface area (Å²) < 4.78 is 33.2. The third-order valence-corrected chi connectivity index (χ3v) is 9.48. The molecule has 0 amide bonds. The molecule has 0 aromatic heterocycles. The average molecular weight is 749 g/mol. The summed E-state index contributed by atoms with van der Waals surface area (Å²) in [6, 6.07) is 0. The second kappa shape index (κ2) is 28.6. The zero-order valence-corrected chi connectivity index (χ0v) is 31.5. The largest absolute Gasteiger partial charge is 0.472 e. The molecular formula is C37H65O13P. The summed E-state index contributed by atoms with van der Waals surface area (Å²) in [6.07, 6.45) is 15.4. The van der Waals surface area contributed by atoms with E-state index >= 15 is 0 Å². The normalized spacial score (nSPS) is 24.3. The number of aliphatic hydroxyl groups excluding tert-OH is 5. The lowest BCUT2D eigenvalue weighted by atomic mass is 9.85. The van der Waals surface area contributed by atoms with Crippen molar-refractivity contribution in [3.8, 4) is 0 Å². The van der Waals surface area contributed by atoms with Crippen molar-refractivity contribution >= 4 is 19.8 Å². The number of phosphoric ester groups is 1. The van der Waals surface area contributed by atoms with E-state index in [4.69, 9.17) is 18.5 Å². The second-order valence-electron chi connectivity index (χ2n) is 13.1. The van der Waals surface area contributed by atoms with Gasteiger partial charge in [-0.05, 0) is 44.9 Å². The van der Waals surface area contributed by atoms with E-state index in [2.05, 4.69) is 50.3 Å². The van der Waals surface area contributed by atoms with Crippen LogP contribution in [0.4, 0.5) is 0 Å². The number of carbonyl (C=O) groups is 2. The Morgan fingerprint density at radius 2 is 1.12 bits per heavy atom. The zero-order chi connectivity index (χ0) is 37.9. The molecule has 1 rings (SSSR count). The first kappa shape index (κ1) is 47.1. The molecule has 6 N–H and O–H groups in total. The maximum absolute atomic E-state index is 12.7. The summed E-state index contributed by atoms with van der Waals surface area (Å²) in [4.78, 5) is 35.3. The van der Waals surface area contributed by atoms with Gasteiger partial charge < -0.3 is 39.9 Å². The Bertz CT molecular complexity index is 1050. The number of unbranched alkanes of at least 4 members (excludes halogenated alkanes) is 11. The summed E-state index contributed by atoms with van der Waals surface area (Å²) in [6.45, 7) is 3.07. The number of rotatable bonds is 29. The van der Waals surface area contributed by atoms with E-state index in [1.807, 2.05) is 0 Å². The number of hydrogen-bond donors (Lipinski definition) is 6. The third kappa shape index (κ3) is 22.0. The molecule has 51 heavy (non-hydrogen) atoms. The number of aliphatic hydroxyl groups is 5. The Balaban J connectivity index is 2.55. The van der Waals surface area contributed by atoms with Crippen molar-refractivity contribution in [2.24, 2.45) is 0 Å². The zero-order valence-electron chi connectivity index (χ0n) is 30.6. The minimum atomic E-state index is -5.11. The van der Waals surface area contributed by atoms with Crippen LogP contribution in [0.25, 0.3) is 0 Å². The van der Waals surface area contributed by atoms with Crippen molar-refractivity contribution in [2.75, 3.05) is 13.2 Å². The Hall–Kier alpha value is -1.93. The molecule has 0 saturated heterocycles. The number of esters is 2. The molecule has 6 unspecified atom stereocenters. The molecule has 1 fully saturated rings. The van der Waals surface area contributed by atoms with E-state index in [1.165, 1.54) is 6.42 Å². The van der Waals surface area contributed by atoms with Gasteiger partial charge in [-0.25, -0.2) is 4.57 Å². The fourth-order valence-electron chi connectivity index (χ4n) is 5.42. The van der Waals surface area contributed by atoms with Gasteiger partial charge in [0.1, 0.15) is 43.2 Å². The highest BCUT2D eigenvalue weighted by molar-refractivity contribution is 7.47. The second-order valence-corrected chi connectivity index (χ2v) is 14.5. The van der Waals surface area contributed by atoms with E-state index in [-0.39, 0.29) is 12.8 Å². The molecule has 1 aliphatic rings. The minimum Gasteiger partial charge on any atom is -0.462 e. The van der Waals surface area contributed by atoms with Gasteiger partial charge in [0.2, 0.25) is 0 Å². The highest BCUT2D eigenvalue weighted by Crippen LogP contribution is 2.47. The van der Waals surface area contributed by atoms with Gasteiger partial charge >= 0.3 is 19.8 Å². The van der Waals surface area contributed by atoms with Crippen molar-refractivity contribution in [1.29, 1.82) is 0 Å². The monoisotopic (exact) mass is 748 g/mol. The molecule has 0 aromatic rings. The lowest BCUT2D eigenvalue weighted by molar-refractivity contribution is -0.220. The summed E-state index contributed by atoms with van der Waals surface area (Å²) in [7, 11) is -5.11. The van der Waals surface area contributed by atoms with Crippen LogP contribution in [0.1, 0.15) is 129 Å². The van der Waals surface area contributed by atoms with Crippen LogP contribution in [0.3, 0.4) is 0 Å². The number of ether oxygens (including phenoxy) is 2. The lowest BCUT2D eigenvalue weighted by Crippen LogP contribution is -2.64. The van der Waals surface area contributed by atoms with E-state index in [0.29, 0.717) is 12.8 Å². The SMILES string of the molecule is CC/C=C/C/C=C/C/C=C/CCCCCCCC(=O)O[C@H](COC(=O)CCCCCCCCC)COP(=O)(O)OC1C(O)C(O)C(O)[C@@H](O)C1O. The number of allylic oxidation sites excluding steroid dienone is 6. The van der Waals surface area contributed by atoms with Crippen molar-refractivity contribution in [1.82, 2.24) is 0 Å². The Kier molecular flexibility index (Phi) is 26.4. The molecule has 8 atom stereocenters. The van der Waals surface area contributed by atoms with Crippen molar-refractivity contribution in [2.45, 2.75) is 172 Å². The van der Waals surface area contributed by atoms with E-state index in [0.717, 1.165) is 83.5 Å². The van der Waals surface area contributed by atoms with Crippen LogP contribution < -0.4 is 0 Å². The molecule has 0 bridgehead atoms. The summed E-state index contributed by atoms with van der Waals surface area (Å²) >= 11 is 0. The standard InChI is InChI=1S/C37H65O13P/c1-3-5-7-9-11-12-13-14-15-16-17-18-20-22-24-26-31(39)49-29(27-47-30(38)25-23-21-19-10-8-6-4-2)28-48-51(45,46)50-37-35(43)33(41)32(40)34(42)36(37)44/h5,7,11-12,14-15,29,32-37,40-44H,3-4,6,8-10,13,16-28H2,1-2H3,(H,45,46)/b7-5+,12-11+,15-14+/t29-,32?,33-,34?,35?,36?,37?/m1/s1. The van der Waals surface area contributed by atoms with Gasteiger partial charge in [0.05, 0.1) is 6.61 Å². The Labute approximate surface area is 304 Å². The van der Waals surface area contributed by atoms with Crippen LogP contribution in [0.2, 0.25) is 0 Å². The van der Waals surface area contributed by atoms with Crippen LogP contribution in [-0.4, -0.2) is 98.3 Å². The molecule has 0 aliphatic heterocycles. The maximum Gasteiger partial charge on any atom is 0.472 e. The van der Waals surface area contributed by atoms with Crippen LogP contribution in [0.5, 0.6) is 0 Å². The van der Waals surface area contributed by atoms with Gasteiger partial charge in [-0.3, -0.25) is 18.6 Å². The molecule has 1 aliphatic carbocycles. The van der Waals surface area contributed by atoms with Crippen molar-refractivity contribution in [3.05, 3.63) is 36.5 Å². The molecule has 296 valence electrons. The first-order valence-electron chi connectivity index (χ1n) is 18.8. The third-order valence-electron chi connectivity index (χ3n) is 8.50. The highest BCUT2D eigenvalue weighted by atomic mass is 31.2. The fourth-order valence-corrected chi connectivity index (χ4v) is 6.39. The Morgan fingerprint density at radius 1 is 0.627 bits per heavy atom. The van der Waals surface area contributed by atoms with Gasteiger partial charge in [-0.1, -0.05) is 108 Å². The van der Waals surface area contributed by atoms with Gasteiger partial charge in [0.25, 0.3) is 0 Å². The minimum absolute atomic E-state index is 0.0774. The maximum atomic E-state index is 12.7. The highest BCUT2D eigenvalue weighted by Gasteiger charge is 2.51. The summed E-state index contributed by atoms with van der Waals surface area (Å²) in [5.41, 5.74) is 0. The van der Waals surface area contributed by atoms with Crippen molar-refractivity contribution in [3.63, 3.8) is 0 Å². The predicted molar refractivity (Wildman–Crippen MR) is 193 cm³/mol. The number of phosphoric acid groups is 1. The van der Waals surface area contributed by atoms with E-state index in [1.54, 1.807) is 0 Å². The van der Waals surface area contributed by atoms with Crippen LogP contribution in [0.15, 0.2) is 36.5 Å². The van der Waals surface area contributed by atoms with Crippen LogP contribution >= 0.6 is 7.82 Å². The topological polar surface area (TPSA) is 210 Å². The molecular weight excluding hydrogens is 683 g/mol. The molecule has 13 nitrogen and oxygen atoms in total. The first-order valence-corrected chi connectivity index (χ1v) is 20.3. The van der Waals surface area contributed by atoms with Gasteiger partial charge in [-0.15, -0.1) is 0 Å².